The number of nitrogen functional groups attached to an aromatic ring is 1. The van der Waals surface area contributed by atoms with E-state index in [0.717, 1.165) is 10.4 Å². The van der Waals surface area contributed by atoms with Gasteiger partial charge in [-0.3, -0.25) is 9.67 Å². The summed E-state index contributed by atoms with van der Waals surface area (Å²) in [7, 11) is 1.75. The summed E-state index contributed by atoms with van der Waals surface area (Å²) in [5.74, 6) is 0.118. The van der Waals surface area contributed by atoms with Crippen LogP contribution >= 0.6 is 11.3 Å². The minimum atomic E-state index is -0.404. The molecule has 0 aliphatic heterocycles. The van der Waals surface area contributed by atoms with Gasteiger partial charge in [-0.25, -0.2) is 4.39 Å². The maximum Gasteiger partial charge on any atom is 0.150 e. The summed E-state index contributed by atoms with van der Waals surface area (Å²) >= 11 is 1.55. The maximum atomic E-state index is 13.9. The second-order valence-electron chi connectivity index (χ2n) is 4.07. The molecule has 0 fully saturated rings. The van der Waals surface area contributed by atoms with E-state index in [1.54, 1.807) is 35.3 Å². The number of hydrogen-bond donors (Lipinski definition) is 1. The Balaban J connectivity index is 2.29. The third-order valence-electron chi connectivity index (χ3n) is 2.89. The van der Waals surface area contributed by atoms with Gasteiger partial charge in [0.25, 0.3) is 0 Å². The van der Waals surface area contributed by atoms with Gasteiger partial charge >= 0.3 is 0 Å². The van der Waals surface area contributed by atoms with E-state index in [1.807, 2.05) is 17.5 Å². The smallest absolute Gasteiger partial charge is 0.150 e. The number of thiophene rings is 1. The van der Waals surface area contributed by atoms with Crippen LogP contribution in [0.4, 0.5) is 10.2 Å². The van der Waals surface area contributed by atoms with Crippen LogP contribution in [0.5, 0.6) is 0 Å². The minimum Gasteiger partial charge on any atom is -0.383 e. The molecule has 0 spiro atoms. The molecule has 19 heavy (non-hydrogen) atoms. The van der Waals surface area contributed by atoms with Crippen molar-refractivity contribution in [3.8, 4) is 21.7 Å². The van der Waals surface area contributed by atoms with Crippen LogP contribution in [-0.2, 0) is 7.05 Å². The number of halogens is 1. The van der Waals surface area contributed by atoms with Gasteiger partial charge in [0, 0.05) is 23.7 Å². The summed E-state index contributed by atoms with van der Waals surface area (Å²) in [4.78, 5) is 4.72. The Kier molecular flexibility index (Phi) is 2.79. The van der Waals surface area contributed by atoms with Crippen molar-refractivity contribution >= 4 is 17.2 Å². The molecule has 4 nitrogen and oxygen atoms in total. The third kappa shape index (κ3) is 1.90. The fourth-order valence-electron chi connectivity index (χ4n) is 1.96. The highest BCUT2D eigenvalue weighted by Gasteiger charge is 2.20. The van der Waals surface area contributed by atoms with Crippen molar-refractivity contribution in [3.05, 3.63) is 41.8 Å². The summed E-state index contributed by atoms with van der Waals surface area (Å²) < 4.78 is 15.4. The highest BCUT2D eigenvalue weighted by molar-refractivity contribution is 7.13. The first-order valence-corrected chi connectivity index (χ1v) is 6.52. The summed E-state index contributed by atoms with van der Waals surface area (Å²) in [6, 6.07) is 5.48. The lowest BCUT2D eigenvalue weighted by Crippen LogP contribution is -1.97. The predicted octanol–water partition coefficient (Wildman–Crippen LogP) is 2.93. The SMILES string of the molecule is Cn1nc(-c2ccncc2F)c(-c2cccs2)c1N. The Bertz CT molecular complexity index is 718. The molecule has 6 heteroatoms. The molecule has 0 unspecified atom stereocenters. The number of pyridine rings is 1. The van der Waals surface area contributed by atoms with Gasteiger partial charge in [0.1, 0.15) is 11.5 Å². The average molecular weight is 274 g/mol. The van der Waals surface area contributed by atoms with Gasteiger partial charge in [-0.05, 0) is 17.5 Å². The molecule has 0 saturated carbocycles. The van der Waals surface area contributed by atoms with Crippen molar-refractivity contribution < 1.29 is 4.39 Å². The molecule has 0 aromatic carbocycles. The second-order valence-corrected chi connectivity index (χ2v) is 5.01. The number of aryl methyl sites for hydroxylation is 1. The normalized spacial score (nSPS) is 10.8. The van der Waals surface area contributed by atoms with Crippen LogP contribution in [0.15, 0.2) is 36.0 Å². The van der Waals surface area contributed by atoms with E-state index < -0.39 is 5.82 Å². The van der Waals surface area contributed by atoms with Crippen molar-refractivity contribution in [3.63, 3.8) is 0 Å². The fourth-order valence-corrected chi connectivity index (χ4v) is 2.74. The molecular formula is C13H11FN4S. The van der Waals surface area contributed by atoms with Gasteiger partial charge in [-0.1, -0.05) is 6.07 Å². The van der Waals surface area contributed by atoms with Crippen molar-refractivity contribution in [2.45, 2.75) is 0 Å². The molecule has 0 aliphatic rings. The molecule has 0 aliphatic carbocycles. The molecule has 3 rings (SSSR count). The number of anilines is 1. The topological polar surface area (TPSA) is 56.7 Å². The molecule has 0 saturated heterocycles. The van der Waals surface area contributed by atoms with Crippen molar-refractivity contribution in [1.29, 1.82) is 0 Å². The van der Waals surface area contributed by atoms with Gasteiger partial charge < -0.3 is 5.73 Å². The van der Waals surface area contributed by atoms with Crippen LogP contribution in [0, 0.1) is 5.82 Å². The van der Waals surface area contributed by atoms with Gasteiger partial charge in [-0.15, -0.1) is 11.3 Å². The van der Waals surface area contributed by atoms with Crippen molar-refractivity contribution in [2.75, 3.05) is 5.73 Å². The largest absolute Gasteiger partial charge is 0.383 e. The van der Waals surface area contributed by atoms with Crippen LogP contribution in [-0.4, -0.2) is 14.8 Å². The highest BCUT2D eigenvalue weighted by atomic mass is 32.1. The third-order valence-corrected chi connectivity index (χ3v) is 3.77. The van der Waals surface area contributed by atoms with Crippen LogP contribution < -0.4 is 5.73 Å². The Hall–Kier alpha value is -2.21. The van der Waals surface area contributed by atoms with Crippen LogP contribution in [0.2, 0.25) is 0 Å². The number of hydrogen-bond acceptors (Lipinski definition) is 4. The molecule has 0 atom stereocenters. The minimum absolute atomic E-state index is 0.404. The number of aromatic nitrogens is 3. The Morgan fingerprint density at radius 2 is 2.21 bits per heavy atom. The van der Waals surface area contributed by atoms with E-state index in [9.17, 15) is 4.39 Å². The summed E-state index contributed by atoms with van der Waals surface area (Å²) in [6.07, 6.45) is 2.72. The summed E-state index contributed by atoms with van der Waals surface area (Å²) in [5, 5.41) is 6.28. The molecular weight excluding hydrogens is 263 g/mol. The highest BCUT2D eigenvalue weighted by Crippen LogP contribution is 2.38. The second kappa shape index (κ2) is 4.47. The van der Waals surface area contributed by atoms with E-state index in [2.05, 4.69) is 10.1 Å². The number of rotatable bonds is 2. The predicted molar refractivity (Wildman–Crippen MR) is 74.1 cm³/mol. The van der Waals surface area contributed by atoms with Gasteiger partial charge in [0.15, 0.2) is 5.82 Å². The summed E-state index contributed by atoms with van der Waals surface area (Å²) in [6.45, 7) is 0. The molecule has 0 bridgehead atoms. The molecule has 3 aromatic heterocycles. The van der Waals surface area contributed by atoms with E-state index >= 15 is 0 Å². The molecule has 3 aromatic rings. The zero-order valence-electron chi connectivity index (χ0n) is 10.2. The first-order chi connectivity index (χ1) is 9.18. The monoisotopic (exact) mass is 274 g/mol. The van der Waals surface area contributed by atoms with Gasteiger partial charge in [0.2, 0.25) is 0 Å². The molecule has 3 heterocycles. The Morgan fingerprint density at radius 3 is 2.89 bits per heavy atom. The lowest BCUT2D eigenvalue weighted by atomic mass is 10.1. The Morgan fingerprint density at radius 1 is 1.37 bits per heavy atom. The fraction of sp³-hybridized carbons (Fsp3) is 0.0769. The lowest BCUT2D eigenvalue weighted by molar-refractivity contribution is 0.623. The first kappa shape index (κ1) is 11.9. The zero-order chi connectivity index (χ0) is 13.4. The zero-order valence-corrected chi connectivity index (χ0v) is 11.0. The van der Waals surface area contributed by atoms with E-state index in [4.69, 9.17) is 5.73 Å². The van der Waals surface area contributed by atoms with E-state index in [0.29, 0.717) is 17.1 Å². The quantitative estimate of drug-likeness (QED) is 0.781. The lowest BCUT2D eigenvalue weighted by Gasteiger charge is -2.02. The van der Waals surface area contributed by atoms with Crippen LogP contribution in [0.3, 0.4) is 0 Å². The molecule has 2 N–H and O–H groups in total. The standard InChI is InChI=1S/C13H11FN4S/c1-18-13(15)11(10-3-2-6-19-10)12(17-18)8-4-5-16-7-9(8)14/h2-7H,15H2,1H3. The first-order valence-electron chi connectivity index (χ1n) is 5.64. The van der Waals surface area contributed by atoms with Gasteiger partial charge in [0.05, 0.1) is 11.8 Å². The Labute approximate surface area is 113 Å². The average Bonchev–Trinajstić information content (AvgIpc) is 3.00. The van der Waals surface area contributed by atoms with E-state index in [1.165, 1.54) is 6.20 Å². The molecule has 0 amide bonds. The van der Waals surface area contributed by atoms with Gasteiger partial charge in [-0.2, -0.15) is 5.10 Å². The summed E-state index contributed by atoms with van der Waals surface area (Å²) in [5.41, 5.74) is 7.77. The van der Waals surface area contributed by atoms with Crippen LogP contribution in [0.25, 0.3) is 21.7 Å². The maximum absolute atomic E-state index is 13.9. The van der Waals surface area contributed by atoms with Crippen molar-refractivity contribution in [2.24, 2.45) is 7.05 Å². The molecule has 0 radical (unpaired) electrons. The number of nitrogens with two attached hydrogens (primary N) is 1. The van der Waals surface area contributed by atoms with Crippen molar-refractivity contribution in [1.82, 2.24) is 14.8 Å². The molecule has 96 valence electrons. The number of nitrogens with zero attached hydrogens (tertiary/aromatic N) is 3. The van der Waals surface area contributed by atoms with E-state index in [-0.39, 0.29) is 0 Å². The van der Waals surface area contributed by atoms with Crippen LogP contribution in [0.1, 0.15) is 0 Å².